The number of anilines is 1. The van der Waals surface area contributed by atoms with Gasteiger partial charge in [-0.3, -0.25) is 0 Å². The second-order valence-electron chi connectivity index (χ2n) is 5.78. The van der Waals surface area contributed by atoms with Gasteiger partial charge < -0.3 is 15.0 Å². The van der Waals surface area contributed by atoms with Crippen LogP contribution in [0.25, 0.3) is 5.65 Å². The molecule has 0 aliphatic carbocycles. The molecule has 0 aromatic carbocycles. The number of fused-ring (bicyclic) bond motifs is 1. The van der Waals surface area contributed by atoms with E-state index in [1.165, 1.54) is 0 Å². The summed E-state index contributed by atoms with van der Waals surface area (Å²) in [6, 6.07) is 5.64. The first kappa shape index (κ1) is 12.4. The fourth-order valence-electron chi connectivity index (χ4n) is 2.08. The van der Waals surface area contributed by atoms with Crippen LogP contribution in [-0.4, -0.2) is 32.9 Å². The summed E-state index contributed by atoms with van der Waals surface area (Å²) in [6.45, 7) is 8.07. The highest BCUT2D eigenvalue weighted by Crippen LogP contribution is 2.36. The van der Waals surface area contributed by atoms with E-state index in [0.29, 0.717) is 5.65 Å². The van der Waals surface area contributed by atoms with Crippen LogP contribution in [-0.2, 0) is 9.31 Å². The van der Waals surface area contributed by atoms with Crippen LogP contribution in [0, 0.1) is 0 Å². The summed E-state index contributed by atoms with van der Waals surface area (Å²) in [7, 11) is -0.477. The molecule has 0 radical (unpaired) electrons. The van der Waals surface area contributed by atoms with Crippen LogP contribution < -0.4 is 11.3 Å². The van der Waals surface area contributed by atoms with Crippen LogP contribution >= 0.6 is 0 Å². The summed E-state index contributed by atoms with van der Waals surface area (Å²) in [4.78, 5) is 4.14. The van der Waals surface area contributed by atoms with Crippen molar-refractivity contribution in [1.29, 1.82) is 0 Å². The molecule has 0 atom stereocenters. The maximum Gasteiger partial charge on any atom is 0.514 e. The van der Waals surface area contributed by atoms with Gasteiger partial charge in [-0.2, -0.15) is 4.98 Å². The predicted octanol–water partition coefficient (Wildman–Crippen LogP) is 0.611. The molecule has 0 saturated carbocycles. The van der Waals surface area contributed by atoms with E-state index in [4.69, 9.17) is 15.0 Å². The first-order valence-electron chi connectivity index (χ1n) is 6.27. The number of nitrogens with two attached hydrogens (primary N) is 1. The van der Waals surface area contributed by atoms with E-state index in [2.05, 4.69) is 10.1 Å². The standard InChI is InChI=1S/C12H17BN4O2/c1-11(2)12(3,4)19-13(18-11)8-6-5-7-9-15-10(14)16-17(8)9/h5-7H,1-4H3,(H2,14,16). The summed E-state index contributed by atoms with van der Waals surface area (Å²) in [5.74, 6) is 0.240. The lowest BCUT2D eigenvalue weighted by Gasteiger charge is -2.32. The number of aromatic nitrogens is 3. The Hall–Kier alpha value is -1.60. The molecule has 1 fully saturated rings. The van der Waals surface area contributed by atoms with Crippen LogP contribution in [0.15, 0.2) is 18.2 Å². The van der Waals surface area contributed by atoms with E-state index in [-0.39, 0.29) is 17.2 Å². The van der Waals surface area contributed by atoms with Crippen molar-refractivity contribution >= 4 is 24.3 Å². The van der Waals surface area contributed by atoms with Crippen LogP contribution in [0.3, 0.4) is 0 Å². The lowest BCUT2D eigenvalue weighted by molar-refractivity contribution is 0.00578. The van der Waals surface area contributed by atoms with Crippen LogP contribution in [0.4, 0.5) is 5.95 Å². The van der Waals surface area contributed by atoms with Crippen molar-refractivity contribution < 1.29 is 9.31 Å². The molecule has 0 amide bonds. The molecule has 2 N–H and O–H groups in total. The van der Waals surface area contributed by atoms with Crippen LogP contribution in [0.2, 0.25) is 0 Å². The second-order valence-corrected chi connectivity index (χ2v) is 5.78. The Kier molecular flexibility index (Phi) is 2.43. The van der Waals surface area contributed by atoms with Crippen molar-refractivity contribution in [2.24, 2.45) is 0 Å². The van der Waals surface area contributed by atoms with E-state index in [0.717, 1.165) is 5.59 Å². The summed E-state index contributed by atoms with van der Waals surface area (Å²) >= 11 is 0. The second kappa shape index (κ2) is 3.71. The summed E-state index contributed by atoms with van der Waals surface area (Å²) in [5.41, 5.74) is 6.35. The molecule has 0 spiro atoms. The monoisotopic (exact) mass is 260 g/mol. The molecule has 6 nitrogen and oxygen atoms in total. The summed E-state index contributed by atoms with van der Waals surface area (Å²) in [5, 5.41) is 4.18. The van der Waals surface area contributed by atoms with Gasteiger partial charge in [0.25, 0.3) is 0 Å². The lowest BCUT2D eigenvalue weighted by atomic mass is 9.84. The van der Waals surface area contributed by atoms with Crippen molar-refractivity contribution in [3.63, 3.8) is 0 Å². The third kappa shape index (κ3) is 1.81. The fourth-order valence-corrected chi connectivity index (χ4v) is 2.08. The van der Waals surface area contributed by atoms with Gasteiger partial charge in [0, 0.05) is 0 Å². The normalized spacial score (nSPS) is 21.2. The predicted molar refractivity (Wildman–Crippen MR) is 73.1 cm³/mol. The zero-order valence-electron chi connectivity index (χ0n) is 11.5. The van der Waals surface area contributed by atoms with Crippen molar-refractivity contribution in [2.75, 3.05) is 5.73 Å². The molecule has 19 heavy (non-hydrogen) atoms. The van der Waals surface area contributed by atoms with Gasteiger partial charge in [-0.15, -0.1) is 5.10 Å². The van der Waals surface area contributed by atoms with Gasteiger partial charge in [0.15, 0.2) is 5.65 Å². The highest BCUT2D eigenvalue weighted by Gasteiger charge is 2.52. The highest BCUT2D eigenvalue weighted by molar-refractivity contribution is 6.61. The molecule has 0 unspecified atom stereocenters. The number of pyridine rings is 1. The van der Waals surface area contributed by atoms with E-state index in [9.17, 15) is 0 Å². The first-order chi connectivity index (χ1) is 8.80. The van der Waals surface area contributed by atoms with Gasteiger partial charge in [0.05, 0.1) is 16.8 Å². The molecule has 0 bridgehead atoms. The third-order valence-corrected chi connectivity index (χ3v) is 3.90. The van der Waals surface area contributed by atoms with Gasteiger partial charge in [-0.1, -0.05) is 6.07 Å². The van der Waals surface area contributed by atoms with Crippen molar-refractivity contribution in [3.05, 3.63) is 18.2 Å². The van der Waals surface area contributed by atoms with Crippen molar-refractivity contribution in [2.45, 2.75) is 38.9 Å². The molecule has 3 heterocycles. The average molecular weight is 260 g/mol. The Morgan fingerprint density at radius 1 is 1.16 bits per heavy atom. The molecule has 3 rings (SSSR count). The van der Waals surface area contributed by atoms with Crippen LogP contribution in [0.5, 0.6) is 0 Å². The smallest absolute Gasteiger partial charge is 0.398 e. The van der Waals surface area contributed by atoms with Crippen molar-refractivity contribution in [1.82, 2.24) is 14.6 Å². The van der Waals surface area contributed by atoms with Gasteiger partial charge in [0.1, 0.15) is 0 Å². The van der Waals surface area contributed by atoms with Gasteiger partial charge >= 0.3 is 7.12 Å². The van der Waals surface area contributed by atoms with E-state index >= 15 is 0 Å². The van der Waals surface area contributed by atoms with E-state index in [1.54, 1.807) is 4.52 Å². The molecule has 1 aliphatic rings. The van der Waals surface area contributed by atoms with Gasteiger partial charge in [-0.05, 0) is 39.8 Å². The Morgan fingerprint density at radius 2 is 1.79 bits per heavy atom. The molecular weight excluding hydrogens is 243 g/mol. The fraction of sp³-hybridized carbons (Fsp3) is 0.500. The maximum absolute atomic E-state index is 6.02. The molecule has 1 saturated heterocycles. The Labute approximate surface area is 112 Å². The largest absolute Gasteiger partial charge is 0.514 e. The average Bonchev–Trinajstić information content (AvgIpc) is 2.75. The Balaban J connectivity index is 2.07. The topological polar surface area (TPSA) is 74.7 Å². The molecule has 100 valence electrons. The number of nitrogens with zero attached hydrogens (tertiary/aromatic N) is 3. The Bertz CT molecular complexity index is 622. The lowest BCUT2D eigenvalue weighted by Crippen LogP contribution is -2.41. The quantitative estimate of drug-likeness (QED) is 0.760. The zero-order valence-corrected chi connectivity index (χ0v) is 11.5. The van der Waals surface area contributed by atoms with E-state index in [1.807, 2.05) is 45.9 Å². The number of hydrogen-bond donors (Lipinski definition) is 1. The van der Waals surface area contributed by atoms with E-state index < -0.39 is 7.12 Å². The third-order valence-electron chi connectivity index (χ3n) is 3.90. The Morgan fingerprint density at radius 3 is 2.42 bits per heavy atom. The highest BCUT2D eigenvalue weighted by atomic mass is 16.7. The minimum atomic E-state index is -0.477. The van der Waals surface area contributed by atoms with Gasteiger partial charge in [0.2, 0.25) is 5.95 Å². The molecule has 2 aromatic rings. The first-order valence-corrected chi connectivity index (χ1v) is 6.27. The summed E-state index contributed by atoms with van der Waals surface area (Å²) in [6.07, 6.45) is 0. The molecular formula is C12H17BN4O2. The minimum Gasteiger partial charge on any atom is -0.398 e. The summed E-state index contributed by atoms with van der Waals surface area (Å²) < 4.78 is 13.7. The minimum absolute atomic E-state index is 0.240. The molecule has 2 aromatic heterocycles. The SMILES string of the molecule is CC1(C)OB(c2cccc3nc(N)nn23)OC1(C)C. The number of hydrogen-bond acceptors (Lipinski definition) is 5. The van der Waals surface area contributed by atoms with Gasteiger partial charge in [-0.25, -0.2) is 4.52 Å². The van der Waals surface area contributed by atoms with Crippen LogP contribution in [0.1, 0.15) is 27.7 Å². The molecule has 7 heteroatoms. The number of nitrogen functional groups attached to an aromatic ring is 1. The zero-order chi connectivity index (χ0) is 13.8. The molecule has 1 aliphatic heterocycles. The van der Waals surface area contributed by atoms with Crippen molar-refractivity contribution in [3.8, 4) is 0 Å². The maximum atomic E-state index is 6.02. The number of rotatable bonds is 1.